The summed E-state index contributed by atoms with van der Waals surface area (Å²) in [7, 11) is -7.92. The van der Waals surface area contributed by atoms with Gasteiger partial charge in [0.15, 0.2) is 15.7 Å². The third-order valence-corrected chi connectivity index (χ3v) is 19.1. The molecule has 3 saturated carbocycles. The Morgan fingerprint density at radius 3 is 2.28 bits per heavy atom. The number of carbonyl (C=O) groups excluding carboxylic acids is 1. The summed E-state index contributed by atoms with van der Waals surface area (Å²) in [6, 6.07) is 5.11. The summed E-state index contributed by atoms with van der Waals surface area (Å²) >= 11 is 8.56. The summed E-state index contributed by atoms with van der Waals surface area (Å²) in [6.45, 7) is 2.21. The lowest BCUT2D eigenvalue weighted by Crippen LogP contribution is -2.35. The maximum absolute atomic E-state index is 15.6. The first kappa shape index (κ1) is 48.5. The number of sulfonamides is 1. The van der Waals surface area contributed by atoms with Crippen molar-refractivity contribution in [3.63, 3.8) is 0 Å². The average Bonchev–Trinajstić information content (AvgIpc) is 4.16. The Hall–Kier alpha value is -4.54. The van der Waals surface area contributed by atoms with Crippen LogP contribution in [0.3, 0.4) is 0 Å². The zero-order valence-corrected chi connectivity index (χ0v) is 40.5. The molecule has 12 nitrogen and oxygen atoms in total. The van der Waals surface area contributed by atoms with E-state index in [1.807, 2.05) is 22.6 Å². The van der Waals surface area contributed by atoms with Crippen molar-refractivity contribution >= 4 is 76.7 Å². The minimum Gasteiger partial charge on any atom is -0.346 e. The molecule has 5 aromatic rings. The number of amides is 1. The van der Waals surface area contributed by atoms with Gasteiger partial charge < -0.3 is 5.32 Å². The molecule has 3 aromatic heterocycles. The zero-order chi connectivity index (χ0) is 49.2. The number of pyridine rings is 1. The van der Waals surface area contributed by atoms with Gasteiger partial charge in [0.05, 0.1) is 37.7 Å². The van der Waals surface area contributed by atoms with Crippen molar-refractivity contribution in [2.45, 2.75) is 118 Å². The maximum atomic E-state index is 15.6. The number of carbonyl (C=O) groups is 1. The van der Waals surface area contributed by atoms with Gasteiger partial charge >= 0.3 is 0 Å². The fourth-order valence-corrected chi connectivity index (χ4v) is 12.7. The first-order chi connectivity index (χ1) is 31.7. The molecule has 0 bridgehead atoms. The Bertz CT molecular complexity index is 3220. The first-order valence-corrected chi connectivity index (χ1v) is 25.7. The van der Waals surface area contributed by atoms with E-state index >= 15 is 8.78 Å². The highest BCUT2D eigenvalue weighted by molar-refractivity contribution is 14.1. The largest absolute Gasteiger partial charge is 0.346 e. The predicted octanol–water partition coefficient (Wildman–Crippen LogP) is 9.34. The molecular formula is C44H39ClF8IN7O5S2. The highest BCUT2D eigenvalue weighted by Crippen LogP contribution is 2.68. The van der Waals surface area contributed by atoms with E-state index in [4.69, 9.17) is 16.6 Å². The van der Waals surface area contributed by atoms with E-state index in [9.17, 15) is 48.0 Å². The Kier molecular flexibility index (Phi) is 12.0. The molecule has 0 unspecified atom stereocenters. The number of benzene rings is 2. The van der Waals surface area contributed by atoms with E-state index in [-0.39, 0.29) is 65.4 Å². The molecule has 4 aliphatic carbocycles. The first-order valence-electron chi connectivity index (χ1n) is 21.2. The van der Waals surface area contributed by atoms with Crippen LogP contribution in [0.25, 0.3) is 22.0 Å². The molecule has 24 heteroatoms. The molecule has 0 radical (unpaired) electrons. The van der Waals surface area contributed by atoms with Crippen molar-refractivity contribution in [1.82, 2.24) is 29.9 Å². The van der Waals surface area contributed by atoms with Crippen molar-refractivity contribution in [2.75, 3.05) is 4.72 Å². The monoisotopic (exact) mass is 1120 g/mol. The summed E-state index contributed by atoms with van der Waals surface area (Å²) in [5.41, 5.74) is -2.50. The van der Waals surface area contributed by atoms with Gasteiger partial charge in [0.1, 0.15) is 46.6 Å². The van der Waals surface area contributed by atoms with Crippen LogP contribution in [0.1, 0.15) is 105 Å². The SMILES string of the molecule is CC1(S(=O)(=O)Nc2nn(CC(F)F)c3c(-c4cc(I)c(C#CC(C)(C)S(=O)(=O)C5CC5)nc4[C@H](Cc4cc(F)cc(F)c4)NC(=O)Cn4nc(C(F)F)c5c4C(F)(F)[C@@H]4C[C@H]54)ccc(Cl)c23)CC1. The molecule has 2 N–H and O–H groups in total. The second-order valence-electron chi connectivity index (χ2n) is 18.3. The van der Waals surface area contributed by atoms with E-state index in [1.54, 1.807) is 0 Å². The fraction of sp³-hybridized carbons (Fsp3) is 0.455. The highest BCUT2D eigenvalue weighted by atomic mass is 127. The van der Waals surface area contributed by atoms with Gasteiger partial charge in [-0.3, -0.25) is 18.9 Å². The van der Waals surface area contributed by atoms with Gasteiger partial charge in [-0.1, -0.05) is 23.6 Å². The second kappa shape index (κ2) is 16.8. The molecule has 0 saturated heterocycles. The molecule has 1 amide bonds. The highest BCUT2D eigenvalue weighted by Gasteiger charge is 2.67. The number of halogens is 10. The van der Waals surface area contributed by atoms with Crippen LogP contribution in [0.2, 0.25) is 5.02 Å². The second-order valence-corrected chi connectivity index (χ2v) is 24.9. The number of nitrogens with zero attached hydrogens (tertiary/aromatic N) is 5. The van der Waals surface area contributed by atoms with Crippen LogP contribution in [0.4, 0.5) is 40.9 Å². The minimum atomic E-state index is -4.15. The Balaban J connectivity index is 1.24. The molecule has 0 spiro atoms. The Morgan fingerprint density at radius 2 is 1.66 bits per heavy atom. The van der Waals surface area contributed by atoms with Crippen LogP contribution in [-0.2, 0) is 50.1 Å². The van der Waals surface area contributed by atoms with Crippen LogP contribution in [-0.4, -0.2) is 68.5 Å². The number of fused-ring (bicyclic) bond motifs is 4. The third kappa shape index (κ3) is 8.62. The number of anilines is 1. The van der Waals surface area contributed by atoms with Gasteiger partial charge in [-0.25, -0.2) is 48.2 Å². The number of alkyl halides is 6. The van der Waals surface area contributed by atoms with E-state index in [1.165, 1.54) is 39.0 Å². The number of hydrogen-bond acceptors (Lipinski definition) is 8. The van der Waals surface area contributed by atoms with Crippen molar-refractivity contribution in [1.29, 1.82) is 0 Å². The van der Waals surface area contributed by atoms with Crippen molar-refractivity contribution < 1.29 is 56.8 Å². The normalized spacial score (nSPS) is 19.7. The average molecular weight is 1120 g/mol. The smallest absolute Gasteiger partial charge is 0.293 e. The van der Waals surface area contributed by atoms with Gasteiger partial charge in [-0.05, 0) is 124 Å². The molecule has 3 heterocycles. The lowest BCUT2D eigenvalue weighted by molar-refractivity contribution is -0.123. The minimum absolute atomic E-state index is 0.0132. The van der Waals surface area contributed by atoms with Crippen LogP contribution in [0, 0.1) is 33.0 Å². The molecule has 0 aliphatic heterocycles. The number of nitrogens with one attached hydrogen (secondary N) is 2. The Labute approximate surface area is 403 Å². The van der Waals surface area contributed by atoms with Crippen molar-refractivity contribution in [3.8, 4) is 23.0 Å². The van der Waals surface area contributed by atoms with Gasteiger partial charge in [-0.2, -0.15) is 19.0 Å². The van der Waals surface area contributed by atoms with E-state index in [0.717, 1.165) is 16.8 Å². The molecule has 362 valence electrons. The van der Waals surface area contributed by atoms with Crippen LogP contribution >= 0.6 is 34.2 Å². The number of sulfone groups is 1. The zero-order valence-electron chi connectivity index (χ0n) is 36.0. The van der Waals surface area contributed by atoms with E-state index < -0.39 is 120 Å². The maximum Gasteiger partial charge on any atom is 0.293 e. The summed E-state index contributed by atoms with van der Waals surface area (Å²) in [5, 5.41) is 9.80. The fourth-order valence-electron chi connectivity index (χ4n) is 8.81. The predicted molar refractivity (Wildman–Crippen MR) is 243 cm³/mol. The molecule has 9 rings (SSSR count). The molecule has 68 heavy (non-hydrogen) atoms. The molecule has 2 aromatic carbocycles. The van der Waals surface area contributed by atoms with Crippen LogP contribution < -0.4 is 10.0 Å². The number of hydrogen-bond donors (Lipinski definition) is 2. The van der Waals surface area contributed by atoms with Crippen molar-refractivity contribution in [3.05, 3.63) is 90.5 Å². The summed E-state index contributed by atoms with van der Waals surface area (Å²) in [4.78, 5) is 19.0. The summed E-state index contributed by atoms with van der Waals surface area (Å²) < 4.78 is 173. The molecule has 3 atom stereocenters. The Morgan fingerprint density at radius 1 is 0.985 bits per heavy atom. The molecule has 3 fully saturated rings. The molecular weight excluding hydrogens is 1090 g/mol. The lowest BCUT2D eigenvalue weighted by Gasteiger charge is -2.24. The number of aromatic nitrogens is 5. The van der Waals surface area contributed by atoms with Gasteiger partial charge in [0.25, 0.3) is 18.8 Å². The van der Waals surface area contributed by atoms with Crippen LogP contribution in [0.15, 0.2) is 36.4 Å². The topological polar surface area (TPSA) is 158 Å². The van der Waals surface area contributed by atoms with Gasteiger partial charge in [0.2, 0.25) is 15.9 Å². The van der Waals surface area contributed by atoms with E-state index in [0.29, 0.717) is 36.4 Å². The standard InChI is InChI=1S/C44H39ClF8IN7O5S2/c1-42(2,67(63,64)23-4-5-23)9-8-30-29(54)17-25(24-6-7-28(45)35-38(24)60(18-32(48)49)58-41(35)59-68(65,66)43(3)10-11-43)36(56-30)31(14-20-12-21(46)15-22(47)13-20)55-33(62)19-61-39-34(37(57-61)40(50)51)26-16-27(26)44(39,52)53/h6-7,12-13,15,17,23,26-27,31-32,40H,4-5,10-11,14,16,18-19H2,1-3H3,(H,55,62)(H,58,59)/t26-,27+,31-/m0/s1. The van der Waals surface area contributed by atoms with Gasteiger partial charge in [0, 0.05) is 32.2 Å². The lowest BCUT2D eigenvalue weighted by atomic mass is 9.93. The summed E-state index contributed by atoms with van der Waals surface area (Å²) in [5.74, 6) is -3.63. The number of rotatable bonds is 15. The van der Waals surface area contributed by atoms with Crippen molar-refractivity contribution in [2.24, 2.45) is 5.92 Å². The molecule has 4 aliphatic rings. The summed E-state index contributed by atoms with van der Waals surface area (Å²) in [6.07, 6.45) is -5.32. The third-order valence-electron chi connectivity index (χ3n) is 12.9. The quantitative estimate of drug-likeness (QED) is 0.0597. The van der Waals surface area contributed by atoms with E-state index in [2.05, 4.69) is 32.1 Å². The van der Waals surface area contributed by atoms with Crippen LogP contribution in [0.5, 0.6) is 0 Å². The van der Waals surface area contributed by atoms with Gasteiger partial charge in [-0.15, -0.1) is 0 Å².